The third kappa shape index (κ3) is 4.85. The summed E-state index contributed by atoms with van der Waals surface area (Å²) in [5, 5.41) is 5.55. The molecule has 0 aliphatic rings. The quantitative estimate of drug-likeness (QED) is 0.414. The van der Waals surface area contributed by atoms with Gasteiger partial charge in [0.2, 0.25) is 0 Å². The van der Waals surface area contributed by atoms with Gasteiger partial charge in [-0.2, -0.15) is 0 Å². The van der Waals surface area contributed by atoms with E-state index < -0.39 is 0 Å². The van der Waals surface area contributed by atoms with Crippen LogP contribution in [0.2, 0.25) is 0 Å². The van der Waals surface area contributed by atoms with Crippen LogP contribution in [-0.4, -0.2) is 18.0 Å². The molecule has 0 saturated carbocycles. The highest BCUT2D eigenvalue weighted by Gasteiger charge is 2.14. The molecule has 3 aromatic carbocycles. The summed E-state index contributed by atoms with van der Waals surface area (Å²) in [6, 6.07) is 24.6. The van der Waals surface area contributed by atoms with Crippen LogP contribution in [0, 0.1) is 0 Å². The number of ether oxygens (including phenoxy) is 2. The van der Waals surface area contributed by atoms with Gasteiger partial charge in [0.15, 0.2) is 5.75 Å². The number of nitrogens with one attached hydrogen (secondary N) is 1. The number of amides is 1. The molecule has 0 atom stereocenters. The monoisotopic (exact) mass is 416 g/mol. The molecule has 0 bridgehead atoms. The summed E-state index contributed by atoms with van der Waals surface area (Å²) in [6.45, 7) is 0. The van der Waals surface area contributed by atoms with Crippen LogP contribution in [0.4, 0.5) is 5.69 Å². The van der Waals surface area contributed by atoms with E-state index in [0.29, 0.717) is 29.3 Å². The van der Waals surface area contributed by atoms with Gasteiger partial charge < -0.3 is 14.8 Å². The Kier molecular flexibility index (Phi) is 6.06. The number of hydrogen-bond donors (Lipinski definition) is 1. The molecule has 4 aromatic rings. The predicted octanol–water partition coefficient (Wildman–Crippen LogP) is 5.79. The summed E-state index contributed by atoms with van der Waals surface area (Å²) < 4.78 is 11.1. The molecule has 5 nitrogen and oxygen atoms in total. The molecule has 0 aliphatic carbocycles. The van der Waals surface area contributed by atoms with Crippen molar-refractivity contribution in [3.8, 4) is 17.2 Å². The Morgan fingerprint density at radius 3 is 2.43 bits per heavy atom. The summed E-state index contributed by atoms with van der Waals surface area (Å²) in [6.07, 6.45) is 0.662. The summed E-state index contributed by atoms with van der Waals surface area (Å²) in [4.78, 5) is 17.2. The molecule has 0 fully saturated rings. The van der Waals surface area contributed by atoms with Crippen LogP contribution in [0.5, 0.6) is 17.2 Å². The minimum Gasteiger partial charge on any atom is -0.497 e. The summed E-state index contributed by atoms with van der Waals surface area (Å²) >= 11 is 1.47. The van der Waals surface area contributed by atoms with Gasteiger partial charge >= 0.3 is 0 Å². The van der Waals surface area contributed by atoms with Crippen molar-refractivity contribution in [3.05, 3.63) is 101 Å². The van der Waals surface area contributed by atoms with Gasteiger partial charge in [0.05, 0.1) is 17.8 Å². The van der Waals surface area contributed by atoms with Crippen LogP contribution >= 0.6 is 11.3 Å². The second-order valence-electron chi connectivity index (χ2n) is 6.52. The summed E-state index contributed by atoms with van der Waals surface area (Å²) in [5.41, 5.74) is 2.09. The second-order valence-corrected chi connectivity index (χ2v) is 7.46. The van der Waals surface area contributed by atoms with Crippen molar-refractivity contribution < 1.29 is 14.3 Å². The smallest absolute Gasteiger partial charge is 0.275 e. The van der Waals surface area contributed by atoms with Crippen molar-refractivity contribution in [3.63, 3.8) is 0 Å². The van der Waals surface area contributed by atoms with E-state index >= 15 is 0 Å². The maximum atomic E-state index is 12.7. The molecule has 0 aliphatic heterocycles. The number of thiazole rings is 1. The van der Waals surface area contributed by atoms with Crippen molar-refractivity contribution in [1.82, 2.24) is 4.98 Å². The predicted molar refractivity (Wildman–Crippen MR) is 119 cm³/mol. The maximum Gasteiger partial charge on any atom is 0.275 e. The third-order valence-electron chi connectivity index (χ3n) is 4.41. The molecule has 30 heavy (non-hydrogen) atoms. The van der Waals surface area contributed by atoms with Crippen molar-refractivity contribution in [1.29, 1.82) is 0 Å². The summed E-state index contributed by atoms with van der Waals surface area (Å²) in [5.74, 6) is 1.83. The topological polar surface area (TPSA) is 60.5 Å². The van der Waals surface area contributed by atoms with E-state index in [4.69, 9.17) is 9.47 Å². The molecule has 0 unspecified atom stereocenters. The molecule has 1 aromatic heterocycles. The van der Waals surface area contributed by atoms with Crippen molar-refractivity contribution in [2.24, 2.45) is 0 Å². The highest BCUT2D eigenvalue weighted by atomic mass is 32.1. The van der Waals surface area contributed by atoms with E-state index in [2.05, 4.69) is 10.3 Å². The van der Waals surface area contributed by atoms with Crippen molar-refractivity contribution >= 4 is 22.9 Å². The Bertz CT molecular complexity index is 1120. The summed E-state index contributed by atoms with van der Waals surface area (Å²) in [7, 11) is 1.64. The average Bonchev–Trinajstić information content (AvgIpc) is 3.25. The molecule has 4 rings (SSSR count). The Morgan fingerprint density at radius 2 is 1.67 bits per heavy atom. The van der Waals surface area contributed by atoms with Crippen LogP contribution in [0.15, 0.2) is 84.2 Å². The SMILES string of the molecule is COc1ccc(Cc2nc(C(=O)Nc3ccccc3Oc3ccccc3)cs2)cc1. The van der Waals surface area contributed by atoms with Gasteiger partial charge in [-0.25, -0.2) is 4.98 Å². The Hall–Kier alpha value is -3.64. The molecule has 1 N–H and O–H groups in total. The first kappa shape index (κ1) is 19.7. The molecule has 150 valence electrons. The largest absolute Gasteiger partial charge is 0.497 e. The number of benzene rings is 3. The minimum absolute atomic E-state index is 0.267. The first-order valence-electron chi connectivity index (χ1n) is 9.42. The zero-order valence-corrected chi connectivity index (χ0v) is 17.2. The first-order chi connectivity index (χ1) is 14.7. The van der Waals surface area contributed by atoms with Crippen LogP contribution in [-0.2, 0) is 6.42 Å². The minimum atomic E-state index is -0.267. The highest BCUT2D eigenvalue weighted by molar-refractivity contribution is 7.09. The molecule has 6 heteroatoms. The van der Waals surface area contributed by atoms with E-state index in [1.54, 1.807) is 18.6 Å². The van der Waals surface area contributed by atoms with Gasteiger partial charge in [0.1, 0.15) is 17.2 Å². The fraction of sp³-hybridized carbons (Fsp3) is 0.0833. The average molecular weight is 417 g/mol. The van der Waals surface area contributed by atoms with Crippen molar-refractivity contribution in [2.45, 2.75) is 6.42 Å². The third-order valence-corrected chi connectivity index (χ3v) is 5.25. The van der Waals surface area contributed by atoms with Crippen molar-refractivity contribution in [2.75, 3.05) is 12.4 Å². The Morgan fingerprint density at radius 1 is 0.933 bits per heavy atom. The van der Waals surface area contributed by atoms with Gasteiger partial charge in [-0.05, 0) is 42.0 Å². The fourth-order valence-electron chi connectivity index (χ4n) is 2.88. The lowest BCUT2D eigenvalue weighted by atomic mass is 10.1. The normalized spacial score (nSPS) is 10.4. The number of rotatable bonds is 7. The van der Waals surface area contributed by atoms with Gasteiger partial charge in [-0.1, -0.05) is 42.5 Å². The molecule has 1 heterocycles. The number of nitrogens with zero attached hydrogens (tertiary/aromatic N) is 1. The van der Waals surface area contributed by atoms with E-state index in [1.165, 1.54) is 11.3 Å². The van der Waals surface area contributed by atoms with E-state index in [9.17, 15) is 4.79 Å². The molecule has 0 saturated heterocycles. The number of anilines is 1. The van der Waals surface area contributed by atoms with E-state index in [1.807, 2.05) is 72.8 Å². The number of methoxy groups -OCH3 is 1. The lowest BCUT2D eigenvalue weighted by molar-refractivity contribution is 0.102. The zero-order valence-electron chi connectivity index (χ0n) is 16.4. The highest BCUT2D eigenvalue weighted by Crippen LogP contribution is 2.29. The van der Waals surface area contributed by atoms with Gasteiger partial charge in [0, 0.05) is 11.8 Å². The zero-order chi connectivity index (χ0) is 20.8. The number of carbonyl (C=O) groups is 1. The maximum absolute atomic E-state index is 12.7. The molecular formula is C24H20N2O3S. The number of para-hydroxylation sites is 3. The molecule has 1 amide bonds. The fourth-order valence-corrected chi connectivity index (χ4v) is 3.68. The lowest BCUT2D eigenvalue weighted by Gasteiger charge is -2.11. The molecule has 0 radical (unpaired) electrons. The first-order valence-corrected chi connectivity index (χ1v) is 10.3. The van der Waals surface area contributed by atoms with Crippen LogP contribution < -0.4 is 14.8 Å². The number of aromatic nitrogens is 1. The molecular weight excluding hydrogens is 396 g/mol. The second kappa shape index (κ2) is 9.24. The van der Waals surface area contributed by atoms with Gasteiger partial charge in [-0.3, -0.25) is 4.79 Å². The standard InChI is InChI=1S/C24H20N2O3S/c1-28-18-13-11-17(12-14-18)15-23-25-21(16-30-23)24(27)26-20-9-5-6-10-22(20)29-19-7-3-2-4-8-19/h2-14,16H,15H2,1H3,(H,26,27). The van der Waals surface area contributed by atoms with E-state index in [0.717, 1.165) is 16.3 Å². The van der Waals surface area contributed by atoms with Crippen LogP contribution in [0.1, 0.15) is 21.1 Å². The van der Waals surface area contributed by atoms with Gasteiger partial charge in [0.25, 0.3) is 5.91 Å². The Labute approximate surface area is 178 Å². The Balaban J connectivity index is 1.44. The van der Waals surface area contributed by atoms with Crippen LogP contribution in [0.25, 0.3) is 0 Å². The van der Waals surface area contributed by atoms with Gasteiger partial charge in [-0.15, -0.1) is 11.3 Å². The van der Waals surface area contributed by atoms with E-state index in [-0.39, 0.29) is 5.91 Å². The lowest BCUT2D eigenvalue weighted by Crippen LogP contribution is -2.13. The molecule has 0 spiro atoms. The number of hydrogen-bond acceptors (Lipinski definition) is 5. The number of carbonyl (C=O) groups excluding carboxylic acids is 1. The van der Waals surface area contributed by atoms with Crippen LogP contribution in [0.3, 0.4) is 0 Å².